The van der Waals surface area contributed by atoms with E-state index in [-0.39, 0.29) is 24.7 Å². The van der Waals surface area contributed by atoms with Crippen LogP contribution in [0, 0.1) is 0 Å². The van der Waals surface area contributed by atoms with E-state index in [0.29, 0.717) is 21.7 Å². The number of fused-ring (bicyclic) bond motifs is 1. The lowest BCUT2D eigenvalue weighted by Crippen LogP contribution is -2.39. The second-order valence-electron chi connectivity index (χ2n) is 7.20. The number of hydrogen-bond donors (Lipinski definition) is 0. The number of benzene rings is 2. The summed E-state index contributed by atoms with van der Waals surface area (Å²) in [6.45, 7) is 4.93. The van der Waals surface area contributed by atoms with Gasteiger partial charge in [0.1, 0.15) is 5.52 Å². The molecule has 0 N–H and O–H groups in total. The summed E-state index contributed by atoms with van der Waals surface area (Å²) in [6, 6.07) is 13.2. The van der Waals surface area contributed by atoms with E-state index in [4.69, 9.17) is 27.9 Å². The molecule has 0 radical (unpaired) electrons. The van der Waals surface area contributed by atoms with Crippen LogP contribution in [0.2, 0.25) is 10.0 Å². The van der Waals surface area contributed by atoms with Crippen molar-refractivity contribution in [3.8, 4) is 0 Å². The Hall–Kier alpha value is -1.41. The number of morpholine rings is 1. The SMILES string of the molecule is Cl.O=C(Cc1ccccc1Cl)N(CCCN1CCOCC1)c1nc2c(Cl)cccc2s1. The van der Waals surface area contributed by atoms with Crippen molar-refractivity contribution in [1.29, 1.82) is 0 Å². The molecule has 166 valence electrons. The Kier molecular flexibility index (Phi) is 8.95. The average Bonchev–Trinajstić information content (AvgIpc) is 3.19. The van der Waals surface area contributed by atoms with Crippen LogP contribution < -0.4 is 4.90 Å². The van der Waals surface area contributed by atoms with Gasteiger partial charge in [0.2, 0.25) is 5.91 Å². The fourth-order valence-corrected chi connectivity index (χ4v) is 5.03. The van der Waals surface area contributed by atoms with Gasteiger partial charge in [-0.3, -0.25) is 14.6 Å². The van der Waals surface area contributed by atoms with E-state index in [1.807, 2.05) is 42.5 Å². The van der Waals surface area contributed by atoms with Crippen molar-refractivity contribution in [2.45, 2.75) is 12.8 Å². The quantitative estimate of drug-likeness (QED) is 0.440. The number of rotatable bonds is 7. The molecule has 0 spiro atoms. The van der Waals surface area contributed by atoms with Gasteiger partial charge in [-0.15, -0.1) is 12.4 Å². The molecule has 5 nitrogen and oxygen atoms in total. The first kappa shape index (κ1) is 24.2. The zero-order valence-electron chi connectivity index (χ0n) is 16.9. The normalized spacial score (nSPS) is 14.4. The average molecular weight is 501 g/mol. The van der Waals surface area contributed by atoms with Crippen LogP contribution in [0.4, 0.5) is 5.13 Å². The zero-order valence-corrected chi connectivity index (χ0v) is 20.1. The van der Waals surface area contributed by atoms with Crippen LogP contribution >= 0.6 is 46.9 Å². The van der Waals surface area contributed by atoms with Crippen LogP contribution in [0.15, 0.2) is 42.5 Å². The summed E-state index contributed by atoms with van der Waals surface area (Å²) in [6.07, 6.45) is 1.10. The number of aromatic nitrogens is 1. The van der Waals surface area contributed by atoms with Crippen LogP contribution in [0.1, 0.15) is 12.0 Å². The molecule has 0 saturated carbocycles. The van der Waals surface area contributed by atoms with Crippen molar-refractivity contribution >= 4 is 68.2 Å². The molecule has 2 aromatic carbocycles. The standard InChI is InChI=1S/C22H23Cl2N3O2S.ClH/c23-17-6-2-1-5-16(17)15-20(28)27(10-4-9-26-11-13-29-14-12-26)22-25-21-18(24)7-3-8-19(21)30-22;/h1-3,5-8H,4,9-15H2;1H. The minimum absolute atomic E-state index is 0. The fraction of sp³-hybridized carbons (Fsp3) is 0.364. The molecule has 31 heavy (non-hydrogen) atoms. The lowest BCUT2D eigenvalue weighted by atomic mass is 10.1. The summed E-state index contributed by atoms with van der Waals surface area (Å²) >= 11 is 14.1. The molecular formula is C22H24Cl3N3O2S. The molecule has 1 aliphatic heterocycles. The Morgan fingerprint density at radius 2 is 1.84 bits per heavy atom. The van der Waals surface area contributed by atoms with Crippen molar-refractivity contribution < 1.29 is 9.53 Å². The lowest BCUT2D eigenvalue weighted by Gasteiger charge is -2.27. The summed E-state index contributed by atoms with van der Waals surface area (Å²) < 4.78 is 6.39. The van der Waals surface area contributed by atoms with Gasteiger partial charge in [-0.2, -0.15) is 0 Å². The van der Waals surface area contributed by atoms with E-state index < -0.39 is 0 Å². The molecule has 1 aromatic heterocycles. The Morgan fingerprint density at radius 1 is 1.10 bits per heavy atom. The van der Waals surface area contributed by atoms with Crippen LogP contribution in [0.5, 0.6) is 0 Å². The molecule has 4 rings (SSSR count). The summed E-state index contributed by atoms with van der Waals surface area (Å²) in [5.41, 5.74) is 1.56. The number of para-hydroxylation sites is 1. The second-order valence-corrected chi connectivity index (χ2v) is 9.03. The minimum atomic E-state index is -0.0137. The monoisotopic (exact) mass is 499 g/mol. The minimum Gasteiger partial charge on any atom is -0.379 e. The summed E-state index contributed by atoms with van der Waals surface area (Å²) in [4.78, 5) is 22.1. The molecule has 1 aliphatic rings. The van der Waals surface area contributed by atoms with Gasteiger partial charge in [-0.05, 0) is 30.2 Å². The molecule has 1 saturated heterocycles. The Balaban J connectivity index is 0.00000272. The first-order valence-electron chi connectivity index (χ1n) is 10.0. The maximum Gasteiger partial charge on any atom is 0.233 e. The van der Waals surface area contributed by atoms with E-state index in [0.717, 1.165) is 55.0 Å². The van der Waals surface area contributed by atoms with Crippen LogP contribution in [0.3, 0.4) is 0 Å². The van der Waals surface area contributed by atoms with Gasteiger partial charge in [0.25, 0.3) is 0 Å². The third-order valence-electron chi connectivity index (χ3n) is 5.15. The highest BCUT2D eigenvalue weighted by molar-refractivity contribution is 7.22. The second kappa shape index (κ2) is 11.5. The van der Waals surface area contributed by atoms with Crippen LogP contribution in [-0.2, 0) is 16.0 Å². The summed E-state index contributed by atoms with van der Waals surface area (Å²) in [5.74, 6) is -0.0137. The maximum absolute atomic E-state index is 13.3. The Bertz CT molecular complexity index is 1020. The molecule has 1 amide bonds. The molecule has 0 unspecified atom stereocenters. The van der Waals surface area contributed by atoms with Crippen molar-refractivity contribution in [1.82, 2.24) is 9.88 Å². The fourth-order valence-electron chi connectivity index (χ4n) is 3.52. The molecule has 3 aromatic rings. The lowest BCUT2D eigenvalue weighted by molar-refractivity contribution is -0.118. The van der Waals surface area contributed by atoms with Gasteiger partial charge in [-0.1, -0.05) is 58.8 Å². The number of nitrogens with zero attached hydrogens (tertiary/aromatic N) is 3. The van der Waals surface area contributed by atoms with Crippen LogP contribution in [-0.4, -0.2) is 55.2 Å². The Morgan fingerprint density at radius 3 is 2.58 bits per heavy atom. The van der Waals surface area contributed by atoms with E-state index in [2.05, 4.69) is 9.88 Å². The van der Waals surface area contributed by atoms with Gasteiger partial charge >= 0.3 is 0 Å². The largest absolute Gasteiger partial charge is 0.379 e. The summed E-state index contributed by atoms with van der Waals surface area (Å²) in [5, 5.41) is 1.88. The highest BCUT2D eigenvalue weighted by atomic mass is 35.5. The molecule has 1 fully saturated rings. The molecule has 0 atom stereocenters. The van der Waals surface area contributed by atoms with Crippen molar-refractivity contribution in [3.63, 3.8) is 0 Å². The van der Waals surface area contributed by atoms with E-state index >= 15 is 0 Å². The number of anilines is 1. The van der Waals surface area contributed by atoms with Crippen LogP contribution in [0.25, 0.3) is 10.2 Å². The molecule has 9 heteroatoms. The summed E-state index contributed by atoms with van der Waals surface area (Å²) in [7, 11) is 0. The number of halogens is 3. The third-order valence-corrected chi connectivity index (χ3v) is 6.87. The zero-order chi connectivity index (χ0) is 20.9. The van der Waals surface area contributed by atoms with Crippen molar-refractivity contribution in [2.24, 2.45) is 0 Å². The van der Waals surface area contributed by atoms with Gasteiger partial charge in [-0.25, -0.2) is 4.98 Å². The Labute approximate surface area is 202 Å². The molecular weight excluding hydrogens is 477 g/mol. The third kappa shape index (κ3) is 6.09. The number of amides is 1. The maximum atomic E-state index is 13.3. The smallest absolute Gasteiger partial charge is 0.233 e. The number of ether oxygens (including phenoxy) is 1. The predicted octanol–water partition coefficient (Wildman–Crippen LogP) is 5.32. The first-order chi connectivity index (χ1) is 14.6. The topological polar surface area (TPSA) is 45.7 Å². The number of hydrogen-bond acceptors (Lipinski definition) is 5. The molecule has 0 bridgehead atoms. The van der Waals surface area contributed by atoms with Gasteiger partial charge in [0.15, 0.2) is 5.13 Å². The van der Waals surface area contributed by atoms with E-state index in [1.54, 1.807) is 4.90 Å². The highest BCUT2D eigenvalue weighted by Gasteiger charge is 2.22. The van der Waals surface area contributed by atoms with Gasteiger partial charge < -0.3 is 4.74 Å². The van der Waals surface area contributed by atoms with Crippen molar-refractivity contribution in [2.75, 3.05) is 44.3 Å². The highest BCUT2D eigenvalue weighted by Crippen LogP contribution is 2.33. The van der Waals surface area contributed by atoms with Gasteiger partial charge in [0.05, 0.1) is 29.4 Å². The number of thiazole rings is 1. The first-order valence-corrected chi connectivity index (χ1v) is 11.6. The number of carbonyl (C=O) groups excluding carboxylic acids is 1. The van der Waals surface area contributed by atoms with Gasteiger partial charge in [0, 0.05) is 31.2 Å². The molecule has 2 heterocycles. The number of carbonyl (C=O) groups is 1. The van der Waals surface area contributed by atoms with Crippen molar-refractivity contribution in [3.05, 3.63) is 58.1 Å². The van der Waals surface area contributed by atoms with E-state index in [1.165, 1.54) is 11.3 Å². The predicted molar refractivity (Wildman–Crippen MR) is 131 cm³/mol. The molecule has 0 aliphatic carbocycles. The van der Waals surface area contributed by atoms with E-state index in [9.17, 15) is 4.79 Å².